The molecule has 0 radical (unpaired) electrons. The van der Waals surface area contributed by atoms with Crippen LogP contribution in [0.25, 0.3) is 0 Å². The van der Waals surface area contributed by atoms with Crippen molar-refractivity contribution < 1.29 is 9.59 Å². The van der Waals surface area contributed by atoms with Crippen LogP contribution in [-0.4, -0.2) is 32.2 Å². The zero-order valence-corrected chi connectivity index (χ0v) is 11.7. The second-order valence-electron chi connectivity index (χ2n) is 4.45. The van der Waals surface area contributed by atoms with E-state index in [1.54, 1.807) is 12.1 Å². The Kier molecular flexibility index (Phi) is 3.36. The molecule has 1 aromatic rings. The Morgan fingerprint density at radius 1 is 1.37 bits per heavy atom. The van der Waals surface area contributed by atoms with E-state index in [0.29, 0.717) is 18.4 Å². The Labute approximate surface area is 116 Å². The number of amides is 2. The molecule has 6 heteroatoms. The molecule has 0 fully saturated rings. The standard InChI is InChI=1S/C13H15N3O2S/c1-3-13(4-2,12(14)19)16-10(17)8-6-5-7-15-9(8)11(16)18/h5-7H,3-4H2,1-2H3,(H2,14,19). The van der Waals surface area contributed by atoms with Gasteiger partial charge in [-0.25, -0.2) is 0 Å². The zero-order chi connectivity index (χ0) is 14.2. The highest BCUT2D eigenvalue weighted by Gasteiger charge is 2.49. The summed E-state index contributed by atoms with van der Waals surface area (Å²) in [6, 6.07) is 3.23. The second kappa shape index (κ2) is 4.70. The van der Waals surface area contributed by atoms with Crippen LogP contribution in [0.15, 0.2) is 18.3 Å². The number of rotatable bonds is 4. The molecule has 2 heterocycles. The van der Waals surface area contributed by atoms with Crippen molar-refractivity contribution >= 4 is 29.0 Å². The molecule has 1 aromatic heterocycles. The molecular weight excluding hydrogens is 262 g/mol. The van der Waals surface area contributed by atoms with Crippen LogP contribution in [0.3, 0.4) is 0 Å². The van der Waals surface area contributed by atoms with E-state index in [1.807, 2.05) is 13.8 Å². The summed E-state index contributed by atoms with van der Waals surface area (Å²) in [5, 5.41) is 0. The lowest BCUT2D eigenvalue weighted by atomic mass is 9.90. The van der Waals surface area contributed by atoms with E-state index in [9.17, 15) is 9.59 Å². The van der Waals surface area contributed by atoms with Crippen molar-refractivity contribution in [3.8, 4) is 0 Å². The number of hydrogen-bond donors (Lipinski definition) is 1. The normalized spacial score (nSPS) is 14.7. The monoisotopic (exact) mass is 277 g/mol. The van der Waals surface area contributed by atoms with E-state index >= 15 is 0 Å². The third kappa shape index (κ3) is 1.74. The summed E-state index contributed by atoms with van der Waals surface area (Å²) in [4.78, 5) is 30.1. The molecule has 1 aliphatic rings. The fourth-order valence-electron chi connectivity index (χ4n) is 2.48. The predicted molar refractivity (Wildman–Crippen MR) is 74.8 cm³/mol. The molecule has 0 aliphatic carbocycles. The van der Waals surface area contributed by atoms with Gasteiger partial charge in [-0.1, -0.05) is 26.1 Å². The summed E-state index contributed by atoms with van der Waals surface area (Å²) in [7, 11) is 0. The van der Waals surface area contributed by atoms with Crippen molar-refractivity contribution in [2.45, 2.75) is 32.2 Å². The van der Waals surface area contributed by atoms with Crippen molar-refractivity contribution in [3.05, 3.63) is 29.6 Å². The highest BCUT2D eigenvalue weighted by atomic mass is 32.1. The Balaban J connectivity index is 2.57. The van der Waals surface area contributed by atoms with Crippen molar-refractivity contribution in [2.75, 3.05) is 0 Å². The minimum Gasteiger partial charge on any atom is -0.391 e. The molecule has 100 valence electrons. The first-order valence-electron chi connectivity index (χ1n) is 6.13. The van der Waals surface area contributed by atoms with Crippen LogP contribution in [0.5, 0.6) is 0 Å². The van der Waals surface area contributed by atoms with Crippen molar-refractivity contribution in [2.24, 2.45) is 5.73 Å². The molecule has 5 nitrogen and oxygen atoms in total. The number of carbonyl (C=O) groups is 2. The molecule has 0 aromatic carbocycles. The van der Waals surface area contributed by atoms with Crippen LogP contribution < -0.4 is 5.73 Å². The van der Waals surface area contributed by atoms with Gasteiger partial charge in [0.15, 0.2) is 0 Å². The first-order valence-corrected chi connectivity index (χ1v) is 6.54. The fourth-order valence-corrected chi connectivity index (χ4v) is 2.86. The molecule has 2 N–H and O–H groups in total. The van der Waals surface area contributed by atoms with Gasteiger partial charge >= 0.3 is 0 Å². The van der Waals surface area contributed by atoms with Crippen LogP contribution in [0.1, 0.15) is 47.5 Å². The zero-order valence-electron chi connectivity index (χ0n) is 10.8. The van der Waals surface area contributed by atoms with Gasteiger partial charge in [0.05, 0.1) is 10.6 Å². The molecule has 0 atom stereocenters. The molecule has 0 unspecified atom stereocenters. The van der Waals surface area contributed by atoms with E-state index in [2.05, 4.69) is 4.98 Å². The van der Waals surface area contributed by atoms with Crippen LogP contribution in [0.2, 0.25) is 0 Å². The maximum absolute atomic E-state index is 12.4. The first kappa shape index (κ1) is 13.6. The number of imide groups is 1. The Morgan fingerprint density at radius 3 is 2.47 bits per heavy atom. The number of pyridine rings is 1. The average Bonchev–Trinajstić information content (AvgIpc) is 2.66. The molecule has 0 saturated heterocycles. The predicted octanol–water partition coefficient (Wildman–Crippen LogP) is 1.52. The largest absolute Gasteiger partial charge is 0.391 e. The van der Waals surface area contributed by atoms with Crippen molar-refractivity contribution in [3.63, 3.8) is 0 Å². The SMILES string of the molecule is CCC(CC)(C(N)=S)N1C(=O)c2cccnc2C1=O. The average molecular weight is 277 g/mol. The topological polar surface area (TPSA) is 76.3 Å². The number of nitrogens with zero attached hydrogens (tertiary/aromatic N) is 2. The van der Waals surface area contributed by atoms with E-state index in [-0.39, 0.29) is 16.6 Å². The van der Waals surface area contributed by atoms with Gasteiger partial charge in [-0.2, -0.15) is 0 Å². The van der Waals surface area contributed by atoms with Gasteiger partial charge in [-0.05, 0) is 25.0 Å². The molecular formula is C13H15N3O2S. The smallest absolute Gasteiger partial charge is 0.281 e. The lowest BCUT2D eigenvalue weighted by Gasteiger charge is -2.38. The lowest BCUT2D eigenvalue weighted by molar-refractivity contribution is 0.0510. The van der Waals surface area contributed by atoms with Crippen LogP contribution >= 0.6 is 12.2 Å². The highest BCUT2D eigenvalue weighted by Crippen LogP contribution is 2.33. The molecule has 2 amide bonds. The quantitative estimate of drug-likeness (QED) is 0.667. The van der Waals surface area contributed by atoms with Crippen LogP contribution in [0.4, 0.5) is 0 Å². The minimum absolute atomic E-state index is 0.159. The Morgan fingerprint density at radius 2 is 2.00 bits per heavy atom. The molecule has 0 spiro atoms. The summed E-state index contributed by atoms with van der Waals surface area (Å²) < 4.78 is 0. The summed E-state index contributed by atoms with van der Waals surface area (Å²) in [6.07, 6.45) is 2.47. The van der Waals surface area contributed by atoms with Crippen molar-refractivity contribution in [1.29, 1.82) is 0 Å². The Hall–Kier alpha value is -1.82. The van der Waals surface area contributed by atoms with Crippen molar-refractivity contribution in [1.82, 2.24) is 9.88 Å². The van der Waals surface area contributed by atoms with E-state index in [1.165, 1.54) is 11.1 Å². The van der Waals surface area contributed by atoms with Gasteiger partial charge < -0.3 is 5.73 Å². The molecule has 1 aliphatic heterocycles. The molecule has 0 bridgehead atoms. The number of carbonyl (C=O) groups excluding carboxylic acids is 2. The van der Waals surface area contributed by atoms with Crippen LogP contribution in [-0.2, 0) is 0 Å². The van der Waals surface area contributed by atoms with Gasteiger partial charge in [0.2, 0.25) is 0 Å². The van der Waals surface area contributed by atoms with Gasteiger partial charge in [0, 0.05) is 6.20 Å². The van der Waals surface area contributed by atoms with Crippen LogP contribution in [0, 0.1) is 0 Å². The van der Waals surface area contributed by atoms with E-state index < -0.39 is 11.4 Å². The summed E-state index contributed by atoms with van der Waals surface area (Å²) in [5.41, 5.74) is 5.38. The van der Waals surface area contributed by atoms with E-state index in [4.69, 9.17) is 18.0 Å². The number of hydrogen-bond acceptors (Lipinski definition) is 4. The number of fused-ring (bicyclic) bond motifs is 1. The first-order chi connectivity index (χ1) is 8.99. The lowest BCUT2D eigenvalue weighted by Crippen LogP contribution is -2.58. The number of thiocarbonyl (C=S) groups is 1. The molecule has 2 rings (SSSR count). The molecule has 19 heavy (non-hydrogen) atoms. The second-order valence-corrected chi connectivity index (χ2v) is 4.89. The van der Waals surface area contributed by atoms with Gasteiger partial charge in [0.25, 0.3) is 11.8 Å². The maximum Gasteiger partial charge on any atom is 0.281 e. The summed E-state index contributed by atoms with van der Waals surface area (Å²) in [6.45, 7) is 3.72. The Bertz CT molecular complexity index is 532. The minimum atomic E-state index is -0.913. The van der Waals surface area contributed by atoms with Gasteiger partial charge in [-0.15, -0.1) is 0 Å². The fraction of sp³-hybridized carbons (Fsp3) is 0.385. The number of nitrogens with two attached hydrogens (primary N) is 1. The van der Waals surface area contributed by atoms with Gasteiger partial charge in [-0.3, -0.25) is 19.5 Å². The number of aromatic nitrogens is 1. The molecule has 0 saturated carbocycles. The maximum atomic E-state index is 12.4. The van der Waals surface area contributed by atoms with Gasteiger partial charge in [0.1, 0.15) is 11.2 Å². The summed E-state index contributed by atoms with van der Waals surface area (Å²) in [5.74, 6) is -0.790. The summed E-state index contributed by atoms with van der Waals surface area (Å²) >= 11 is 5.09. The third-order valence-electron chi connectivity index (χ3n) is 3.70. The highest BCUT2D eigenvalue weighted by molar-refractivity contribution is 7.80. The van der Waals surface area contributed by atoms with E-state index in [0.717, 1.165) is 0 Å². The third-order valence-corrected chi connectivity index (χ3v) is 4.08.